The molecule has 0 saturated heterocycles. The molecule has 0 radical (unpaired) electrons. The number of phenolic OH excluding ortho intramolecular Hbond substituents is 1. The van der Waals surface area contributed by atoms with Crippen LogP contribution in [-0.2, 0) is 6.54 Å². The molecule has 7 N–H and O–H groups in total. The standard InChI is InChI=1S/C34H36N6O5S/c35-17-3-19-44-30-6-2-1-5-28(30)32(42)40(22-23-7-11-25(12-8-23)43-20-4-18-38-33(36)37)34-39-29-16-15-27(21-31(29)46-34)45-26-13-9-24(41)10-14-26/h1-2,5-16,21,41H,3-4,17-20,22,35H2,(H4,36,37,38). The fraction of sp³-hybridized carbons (Fsp3) is 0.206. The molecule has 46 heavy (non-hydrogen) atoms. The molecule has 12 heteroatoms. The summed E-state index contributed by atoms with van der Waals surface area (Å²) in [4.78, 5) is 24.7. The minimum Gasteiger partial charge on any atom is -0.508 e. The SMILES string of the molecule is NCCCOc1ccccc1C(=O)N(Cc1ccc(OCCCN=C(N)N)cc1)c1nc2ccc(Oc3ccc(O)cc3)cc2s1. The number of amides is 1. The van der Waals surface area contributed by atoms with Crippen molar-refractivity contribution in [3.8, 4) is 28.7 Å². The molecule has 0 fully saturated rings. The molecule has 4 aromatic carbocycles. The fourth-order valence-electron chi connectivity index (χ4n) is 4.46. The van der Waals surface area contributed by atoms with Crippen LogP contribution in [0.3, 0.4) is 0 Å². The van der Waals surface area contributed by atoms with Crippen LogP contribution in [0.4, 0.5) is 5.13 Å². The Hall–Kier alpha value is -5.33. The number of guanidine groups is 1. The number of hydrogen-bond donors (Lipinski definition) is 4. The van der Waals surface area contributed by atoms with E-state index in [1.54, 1.807) is 41.3 Å². The number of para-hydroxylation sites is 1. The number of aromatic hydroxyl groups is 1. The summed E-state index contributed by atoms with van der Waals surface area (Å²) in [5.41, 5.74) is 18.4. The lowest BCUT2D eigenvalue weighted by Gasteiger charge is -2.22. The third-order valence-corrected chi connectivity index (χ3v) is 7.79. The molecule has 0 atom stereocenters. The topological polar surface area (TPSA) is 172 Å². The number of carbonyl (C=O) groups is 1. The van der Waals surface area contributed by atoms with Gasteiger partial charge in [0, 0.05) is 19.0 Å². The predicted molar refractivity (Wildman–Crippen MR) is 181 cm³/mol. The molecular formula is C34H36N6O5S. The molecule has 0 aliphatic heterocycles. The molecule has 5 rings (SSSR count). The average Bonchev–Trinajstić information content (AvgIpc) is 3.48. The number of phenols is 1. The van der Waals surface area contributed by atoms with Crippen LogP contribution >= 0.6 is 11.3 Å². The van der Waals surface area contributed by atoms with Gasteiger partial charge in [-0.25, -0.2) is 4.98 Å². The van der Waals surface area contributed by atoms with Gasteiger partial charge < -0.3 is 36.5 Å². The quantitative estimate of drug-likeness (QED) is 0.0663. The fourth-order valence-corrected chi connectivity index (χ4v) is 5.46. The van der Waals surface area contributed by atoms with E-state index in [2.05, 4.69) is 4.99 Å². The molecule has 0 unspecified atom stereocenters. The molecule has 0 bridgehead atoms. The monoisotopic (exact) mass is 640 g/mol. The lowest BCUT2D eigenvalue weighted by Crippen LogP contribution is -2.30. The van der Waals surface area contributed by atoms with Gasteiger partial charge in [-0.3, -0.25) is 14.7 Å². The van der Waals surface area contributed by atoms with Crippen LogP contribution in [0, 0.1) is 0 Å². The molecule has 11 nitrogen and oxygen atoms in total. The first kappa shape index (κ1) is 32.1. The zero-order valence-electron chi connectivity index (χ0n) is 25.2. The first-order chi connectivity index (χ1) is 22.4. The van der Waals surface area contributed by atoms with E-state index in [0.29, 0.717) is 72.8 Å². The largest absolute Gasteiger partial charge is 0.508 e. The van der Waals surface area contributed by atoms with Crippen molar-refractivity contribution in [3.63, 3.8) is 0 Å². The molecule has 0 spiro atoms. The second-order valence-corrected chi connectivity index (χ2v) is 11.3. The van der Waals surface area contributed by atoms with Crippen LogP contribution in [0.25, 0.3) is 10.2 Å². The Kier molecular flexibility index (Phi) is 10.9. The van der Waals surface area contributed by atoms with Crippen LogP contribution in [-0.4, -0.2) is 48.3 Å². The molecular weight excluding hydrogens is 604 g/mol. The van der Waals surface area contributed by atoms with Crippen LogP contribution in [0.15, 0.2) is 96.0 Å². The lowest BCUT2D eigenvalue weighted by atomic mass is 10.1. The number of rotatable bonds is 15. The average molecular weight is 641 g/mol. The van der Waals surface area contributed by atoms with Gasteiger partial charge in [0.2, 0.25) is 0 Å². The minimum absolute atomic E-state index is 0.0594. The second-order valence-electron chi connectivity index (χ2n) is 10.3. The van der Waals surface area contributed by atoms with Gasteiger partial charge in [0.1, 0.15) is 28.7 Å². The van der Waals surface area contributed by atoms with Gasteiger partial charge >= 0.3 is 0 Å². The Bertz CT molecular complexity index is 1770. The smallest absolute Gasteiger partial charge is 0.264 e. The van der Waals surface area contributed by atoms with E-state index in [9.17, 15) is 9.90 Å². The maximum atomic E-state index is 14.2. The maximum Gasteiger partial charge on any atom is 0.264 e. The molecule has 5 aromatic rings. The third kappa shape index (κ3) is 8.65. The summed E-state index contributed by atoms with van der Waals surface area (Å²) < 4.78 is 18.6. The van der Waals surface area contributed by atoms with Crippen molar-refractivity contribution in [2.24, 2.45) is 22.2 Å². The van der Waals surface area contributed by atoms with Crippen molar-refractivity contribution in [1.82, 2.24) is 4.98 Å². The van der Waals surface area contributed by atoms with E-state index < -0.39 is 0 Å². The number of aliphatic imine (C=N–C) groups is 1. The molecule has 0 aliphatic rings. The summed E-state index contributed by atoms with van der Waals surface area (Å²) in [5, 5.41) is 10.1. The highest BCUT2D eigenvalue weighted by atomic mass is 32.1. The second kappa shape index (κ2) is 15.6. The highest BCUT2D eigenvalue weighted by Gasteiger charge is 2.25. The lowest BCUT2D eigenvalue weighted by molar-refractivity contribution is 0.0981. The number of thiazole rings is 1. The summed E-state index contributed by atoms with van der Waals surface area (Å²) in [6.07, 6.45) is 1.34. The van der Waals surface area contributed by atoms with E-state index >= 15 is 0 Å². The number of hydrogen-bond acceptors (Lipinski definition) is 9. The van der Waals surface area contributed by atoms with Crippen LogP contribution in [0.5, 0.6) is 28.7 Å². The van der Waals surface area contributed by atoms with Crippen molar-refractivity contribution < 1.29 is 24.1 Å². The molecule has 238 valence electrons. The minimum atomic E-state index is -0.247. The van der Waals surface area contributed by atoms with E-state index in [1.807, 2.05) is 54.6 Å². The maximum absolute atomic E-state index is 14.2. The molecule has 0 aliphatic carbocycles. The van der Waals surface area contributed by atoms with Gasteiger partial charge in [-0.05, 0) is 79.2 Å². The summed E-state index contributed by atoms with van der Waals surface area (Å²) in [6.45, 7) is 2.10. The zero-order valence-corrected chi connectivity index (χ0v) is 26.0. The number of fused-ring (bicyclic) bond motifs is 1. The van der Waals surface area contributed by atoms with E-state index in [1.165, 1.54) is 11.3 Å². The normalized spacial score (nSPS) is 10.8. The van der Waals surface area contributed by atoms with Gasteiger partial charge in [-0.2, -0.15) is 0 Å². The van der Waals surface area contributed by atoms with Gasteiger partial charge in [0.25, 0.3) is 5.91 Å². The number of benzene rings is 4. The zero-order chi connectivity index (χ0) is 32.3. The molecule has 0 saturated carbocycles. The van der Waals surface area contributed by atoms with Gasteiger partial charge in [-0.1, -0.05) is 35.6 Å². The van der Waals surface area contributed by atoms with Gasteiger partial charge in [-0.15, -0.1) is 0 Å². The molecule has 1 heterocycles. The number of nitrogens with zero attached hydrogens (tertiary/aromatic N) is 3. The van der Waals surface area contributed by atoms with Gasteiger partial charge in [0.15, 0.2) is 11.1 Å². The number of nitrogens with two attached hydrogens (primary N) is 3. The van der Waals surface area contributed by atoms with Gasteiger partial charge in [0.05, 0.1) is 35.5 Å². The first-order valence-corrected chi connectivity index (χ1v) is 15.6. The number of anilines is 1. The van der Waals surface area contributed by atoms with E-state index in [4.69, 9.17) is 36.4 Å². The third-order valence-electron chi connectivity index (χ3n) is 6.75. The summed E-state index contributed by atoms with van der Waals surface area (Å²) in [5.74, 6) is 2.36. The Morgan fingerprint density at radius 1 is 0.870 bits per heavy atom. The van der Waals surface area contributed by atoms with Crippen molar-refractivity contribution in [2.75, 3.05) is 31.2 Å². The van der Waals surface area contributed by atoms with E-state index in [0.717, 1.165) is 15.8 Å². The Morgan fingerprint density at radius 3 is 2.35 bits per heavy atom. The number of carbonyl (C=O) groups excluding carboxylic acids is 1. The van der Waals surface area contributed by atoms with Crippen molar-refractivity contribution >= 4 is 38.6 Å². The Labute approximate surface area is 270 Å². The summed E-state index contributed by atoms with van der Waals surface area (Å²) in [7, 11) is 0. The van der Waals surface area contributed by atoms with Crippen molar-refractivity contribution in [3.05, 3.63) is 102 Å². The summed E-state index contributed by atoms with van der Waals surface area (Å²) in [6, 6.07) is 26.8. The summed E-state index contributed by atoms with van der Waals surface area (Å²) >= 11 is 1.39. The number of aromatic nitrogens is 1. The predicted octanol–water partition coefficient (Wildman–Crippen LogP) is 5.41. The number of ether oxygens (including phenoxy) is 3. The van der Waals surface area contributed by atoms with Crippen LogP contribution in [0.2, 0.25) is 0 Å². The van der Waals surface area contributed by atoms with E-state index in [-0.39, 0.29) is 24.2 Å². The molecule has 1 amide bonds. The first-order valence-electron chi connectivity index (χ1n) is 14.8. The highest BCUT2D eigenvalue weighted by molar-refractivity contribution is 7.22. The molecule has 1 aromatic heterocycles. The highest BCUT2D eigenvalue weighted by Crippen LogP contribution is 2.35. The van der Waals surface area contributed by atoms with Crippen molar-refractivity contribution in [2.45, 2.75) is 19.4 Å². The van der Waals surface area contributed by atoms with Crippen LogP contribution < -0.4 is 36.3 Å². The Morgan fingerprint density at radius 2 is 1.59 bits per heavy atom. The van der Waals surface area contributed by atoms with Crippen molar-refractivity contribution in [1.29, 1.82) is 0 Å². The Balaban J connectivity index is 1.40. The van der Waals surface area contributed by atoms with Crippen LogP contribution in [0.1, 0.15) is 28.8 Å².